The Morgan fingerprint density at radius 2 is 1.85 bits per heavy atom. The zero-order chi connectivity index (χ0) is 14.8. The highest BCUT2D eigenvalue weighted by molar-refractivity contribution is 7.90. The van der Waals surface area contributed by atoms with Gasteiger partial charge in [0.15, 0.2) is 6.29 Å². The fourth-order valence-electron chi connectivity index (χ4n) is 1.96. The molecule has 0 fully saturated rings. The number of benzene rings is 1. The number of nitrogens with zero attached hydrogens (tertiary/aromatic N) is 1. The minimum atomic E-state index is -3.69. The van der Waals surface area contributed by atoms with Gasteiger partial charge in [-0.2, -0.15) is 0 Å². The van der Waals surface area contributed by atoms with Gasteiger partial charge in [-0.05, 0) is 25.1 Å². The molecule has 0 spiro atoms. The van der Waals surface area contributed by atoms with Gasteiger partial charge in [-0.15, -0.1) is 6.58 Å². The Labute approximate surface area is 118 Å². The van der Waals surface area contributed by atoms with Crippen LogP contribution in [0.2, 0.25) is 0 Å². The van der Waals surface area contributed by atoms with E-state index in [1.165, 1.54) is 12.3 Å². The fourth-order valence-corrected chi connectivity index (χ4v) is 3.36. The molecule has 0 radical (unpaired) electrons. The third-order valence-corrected chi connectivity index (χ3v) is 4.76. The quantitative estimate of drug-likeness (QED) is 0.628. The van der Waals surface area contributed by atoms with E-state index in [4.69, 9.17) is 0 Å². The van der Waals surface area contributed by atoms with Gasteiger partial charge in [0.25, 0.3) is 10.0 Å². The summed E-state index contributed by atoms with van der Waals surface area (Å²) in [6.07, 6.45) is 3.94. The smallest absolute Gasteiger partial charge is 0.267 e. The lowest BCUT2D eigenvalue weighted by Gasteiger charge is -2.10. The first kappa shape index (κ1) is 14.3. The molecule has 0 saturated heterocycles. The van der Waals surface area contributed by atoms with Crippen LogP contribution in [-0.4, -0.2) is 18.7 Å². The maximum Gasteiger partial charge on any atom is 0.267 e. The van der Waals surface area contributed by atoms with Crippen LogP contribution in [0, 0.1) is 6.92 Å². The summed E-state index contributed by atoms with van der Waals surface area (Å²) >= 11 is 0. The van der Waals surface area contributed by atoms with E-state index in [1.807, 2.05) is 6.92 Å². The number of aryl methyl sites for hydroxylation is 1. The molecule has 0 aliphatic carbocycles. The molecule has 0 atom stereocenters. The van der Waals surface area contributed by atoms with E-state index in [0.29, 0.717) is 24.0 Å². The summed E-state index contributed by atoms with van der Waals surface area (Å²) in [6.45, 7) is 5.48. The molecule has 0 bridgehead atoms. The van der Waals surface area contributed by atoms with Crippen molar-refractivity contribution in [2.45, 2.75) is 18.2 Å². The summed E-state index contributed by atoms with van der Waals surface area (Å²) in [5.41, 5.74) is 1.77. The van der Waals surface area contributed by atoms with Crippen molar-refractivity contribution < 1.29 is 13.2 Å². The molecule has 0 aliphatic rings. The molecule has 0 aliphatic heterocycles. The van der Waals surface area contributed by atoms with Crippen molar-refractivity contribution in [1.29, 1.82) is 0 Å². The molecule has 20 heavy (non-hydrogen) atoms. The Hall–Kier alpha value is -2.14. The van der Waals surface area contributed by atoms with Gasteiger partial charge in [0.1, 0.15) is 0 Å². The summed E-state index contributed by atoms with van der Waals surface area (Å²) in [5, 5.41) is 0. The van der Waals surface area contributed by atoms with Crippen LogP contribution >= 0.6 is 0 Å². The van der Waals surface area contributed by atoms with Crippen LogP contribution in [0.25, 0.3) is 0 Å². The lowest BCUT2D eigenvalue weighted by Crippen LogP contribution is -2.15. The molecule has 5 heteroatoms. The van der Waals surface area contributed by atoms with Crippen molar-refractivity contribution in [1.82, 2.24) is 3.97 Å². The maximum atomic E-state index is 12.6. The third kappa shape index (κ3) is 2.44. The molecule has 1 heterocycles. The van der Waals surface area contributed by atoms with Gasteiger partial charge in [-0.3, -0.25) is 4.79 Å². The van der Waals surface area contributed by atoms with Crippen LogP contribution in [0.4, 0.5) is 0 Å². The number of hydrogen-bond acceptors (Lipinski definition) is 3. The van der Waals surface area contributed by atoms with E-state index in [-0.39, 0.29) is 4.90 Å². The average molecular weight is 289 g/mol. The third-order valence-electron chi connectivity index (χ3n) is 3.03. The first-order chi connectivity index (χ1) is 9.50. The number of aldehydes is 1. The molecule has 0 saturated carbocycles. The minimum Gasteiger partial charge on any atom is -0.298 e. The van der Waals surface area contributed by atoms with Crippen molar-refractivity contribution in [2.24, 2.45) is 0 Å². The lowest BCUT2D eigenvalue weighted by atomic mass is 10.2. The van der Waals surface area contributed by atoms with Crippen LogP contribution in [0.3, 0.4) is 0 Å². The molecule has 1 aromatic carbocycles. The highest BCUT2D eigenvalue weighted by Gasteiger charge is 2.21. The maximum absolute atomic E-state index is 12.6. The molecule has 0 unspecified atom stereocenters. The highest BCUT2D eigenvalue weighted by atomic mass is 32.2. The van der Waals surface area contributed by atoms with Crippen LogP contribution in [-0.2, 0) is 16.4 Å². The monoisotopic (exact) mass is 289 g/mol. The second-order valence-corrected chi connectivity index (χ2v) is 6.26. The summed E-state index contributed by atoms with van der Waals surface area (Å²) in [6, 6.07) is 8.10. The molecular weight excluding hydrogens is 274 g/mol. The molecule has 2 rings (SSSR count). The molecule has 2 aromatic rings. The summed E-state index contributed by atoms with van der Waals surface area (Å²) in [5.74, 6) is 0. The largest absolute Gasteiger partial charge is 0.298 e. The normalized spacial score (nSPS) is 11.2. The van der Waals surface area contributed by atoms with Crippen LogP contribution in [0.15, 0.2) is 54.1 Å². The van der Waals surface area contributed by atoms with E-state index in [9.17, 15) is 13.2 Å². The van der Waals surface area contributed by atoms with Gasteiger partial charge in [0.05, 0.1) is 4.90 Å². The van der Waals surface area contributed by atoms with Gasteiger partial charge in [0, 0.05) is 23.9 Å². The van der Waals surface area contributed by atoms with Crippen molar-refractivity contribution in [3.63, 3.8) is 0 Å². The molecule has 104 valence electrons. The van der Waals surface area contributed by atoms with Crippen LogP contribution < -0.4 is 0 Å². The zero-order valence-corrected chi connectivity index (χ0v) is 11.9. The second kappa shape index (κ2) is 5.46. The second-order valence-electron chi connectivity index (χ2n) is 4.44. The van der Waals surface area contributed by atoms with E-state index < -0.39 is 10.0 Å². The average Bonchev–Trinajstić information content (AvgIpc) is 2.83. The SMILES string of the molecule is C=CCc1c(C=O)ccn1S(=O)(=O)c1ccc(C)cc1. The molecule has 4 nitrogen and oxygen atoms in total. The van der Waals surface area contributed by atoms with Crippen molar-refractivity contribution in [3.8, 4) is 0 Å². The lowest BCUT2D eigenvalue weighted by molar-refractivity contribution is 0.112. The number of carbonyl (C=O) groups is 1. The Bertz CT molecular complexity index is 740. The molecule has 1 aromatic heterocycles. The number of aromatic nitrogens is 1. The highest BCUT2D eigenvalue weighted by Crippen LogP contribution is 2.20. The fraction of sp³-hybridized carbons (Fsp3) is 0.133. The first-order valence-electron chi connectivity index (χ1n) is 6.09. The molecule has 0 N–H and O–H groups in total. The van der Waals surface area contributed by atoms with Gasteiger partial charge in [-0.25, -0.2) is 12.4 Å². The van der Waals surface area contributed by atoms with Gasteiger partial charge in [0.2, 0.25) is 0 Å². The molecular formula is C15H15NO3S. The van der Waals surface area contributed by atoms with E-state index in [1.54, 1.807) is 30.3 Å². The topological polar surface area (TPSA) is 56.1 Å². The number of hydrogen-bond donors (Lipinski definition) is 0. The summed E-state index contributed by atoms with van der Waals surface area (Å²) in [4.78, 5) is 11.2. The van der Waals surface area contributed by atoms with Gasteiger partial charge >= 0.3 is 0 Å². The van der Waals surface area contributed by atoms with Crippen LogP contribution in [0.5, 0.6) is 0 Å². The predicted octanol–water partition coefficient (Wildman–Crippen LogP) is 2.57. The zero-order valence-electron chi connectivity index (χ0n) is 11.1. The number of carbonyl (C=O) groups excluding carboxylic acids is 1. The van der Waals surface area contributed by atoms with Gasteiger partial charge in [-0.1, -0.05) is 23.8 Å². The minimum absolute atomic E-state index is 0.196. The Kier molecular flexibility index (Phi) is 3.90. The van der Waals surface area contributed by atoms with Gasteiger partial charge < -0.3 is 0 Å². The first-order valence-corrected chi connectivity index (χ1v) is 7.53. The summed E-state index contributed by atoms with van der Waals surface area (Å²) in [7, 11) is -3.69. The van der Waals surface area contributed by atoms with Crippen molar-refractivity contribution >= 4 is 16.3 Å². The van der Waals surface area contributed by atoms with Crippen molar-refractivity contribution in [2.75, 3.05) is 0 Å². The van der Waals surface area contributed by atoms with E-state index in [2.05, 4.69) is 6.58 Å². The predicted molar refractivity (Wildman–Crippen MR) is 77.5 cm³/mol. The number of rotatable bonds is 5. The Morgan fingerprint density at radius 3 is 2.40 bits per heavy atom. The standard InChI is InChI=1S/C15H15NO3S/c1-3-4-15-13(11-17)9-10-16(15)20(18,19)14-7-5-12(2)6-8-14/h3,5-11H,1,4H2,2H3. The van der Waals surface area contributed by atoms with E-state index >= 15 is 0 Å². The van der Waals surface area contributed by atoms with Crippen LogP contribution in [0.1, 0.15) is 21.6 Å². The Morgan fingerprint density at radius 1 is 1.20 bits per heavy atom. The summed E-state index contributed by atoms with van der Waals surface area (Å²) < 4.78 is 26.3. The number of allylic oxidation sites excluding steroid dienone is 1. The Balaban J connectivity index is 2.60. The van der Waals surface area contributed by atoms with Crippen molar-refractivity contribution in [3.05, 3.63) is 66.0 Å². The molecule has 0 amide bonds. The van der Waals surface area contributed by atoms with E-state index in [0.717, 1.165) is 9.54 Å².